The minimum atomic E-state index is -0.523. The molecule has 30 heavy (non-hydrogen) atoms. The predicted octanol–water partition coefficient (Wildman–Crippen LogP) is 2.38. The molecule has 0 spiro atoms. The third-order valence-corrected chi connectivity index (χ3v) is 5.07. The molecule has 3 rings (SSSR count). The Labute approximate surface area is 174 Å². The van der Waals surface area contributed by atoms with Gasteiger partial charge in [-0.15, -0.1) is 0 Å². The zero-order valence-electron chi connectivity index (χ0n) is 16.6. The van der Waals surface area contributed by atoms with Crippen molar-refractivity contribution in [2.75, 3.05) is 36.4 Å². The summed E-state index contributed by atoms with van der Waals surface area (Å²) < 4.78 is 13.0. The minimum Gasteiger partial charge on any atom is -0.368 e. The van der Waals surface area contributed by atoms with Gasteiger partial charge in [0.25, 0.3) is 0 Å². The van der Waals surface area contributed by atoms with Gasteiger partial charge >= 0.3 is 0 Å². The fourth-order valence-corrected chi connectivity index (χ4v) is 3.37. The fourth-order valence-electron chi connectivity index (χ4n) is 3.37. The Morgan fingerprint density at radius 3 is 2.13 bits per heavy atom. The summed E-state index contributed by atoms with van der Waals surface area (Å²) in [6, 6.07) is 12.7. The second kappa shape index (κ2) is 9.87. The number of piperazine rings is 1. The van der Waals surface area contributed by atoms with E-state index < -0.39 is 5.91 Å². The maximum absolute atomic E-state index is 13.0. The van der Waals surface area contributed by atoms with Gasteiger partial charge in [0.1, 0.15) is 5.82 Å². The van der Waals surface area contributed by atoms with Crippen molar-refractivity contribution < 1.29 is 18.8 Å². The van der Waals surface area contributed by atoms with Crippen LogP contribution in [0.2, 0.25) is 0 Å². The van der Waals surface area contributed by atoms with Gasteiger partial charge in [0.05, 0.1) is 0 Å². The SMILES string of the molecule is NC(=O)c1ccc(NC(=O)CCCC(=O)N2CCN(c3ccc(F)cc3)CC2)cc1. The molecule has 0 aromatic heterocycles. The predicted molar refractivity (Wildman–Crippen MR) is 113 cm³/mol. The first-order valence-electron chi connectivity index (χ1n) is 9.90. The fraction of sp³-hybridized carbons (Fsp3) is 0.318. The van der Waals surface area contributed by atoms with E-state index in [-0.39, 0.29) is 24.1 Å². The van der Waals surface area contributed by atoms with Crippen molar-refractivity contribution in [2.45, 2.75) is 19.3 Å². The smallest absolute Gasteiger partial charge is 0.248 e. The van der Waals surface area contributed by atoms with Crippen molar-refractivity contribution in [3.63, 3.8) is 0 Å². The van der Waals surface area contributed by atoms with E-state index in [0.717, 1.165) is 5.69 Å². The van der Waals surface area contributed by atoms with Crippen LogP contribution < -0.4 is 16.0 Å². The number of carbonyl (C=O) groups excluding carboxylic acids is 3. The summed E-state index contributed by atoms with van der Waals surface area (Å²) in [5.41, 5.74) is 7.08. The highest BCUT2D eigenvalue weighted by Gasteiger charge is 2.21. The van der Waals surface area contributed by atoms with E-state index in [1.165, 1.54) is 12.1 Å². The number of primary amides is 1. The summed E-state index contributed by atoms with van der Waals surface area (Å²) in [6.07, 6.45) is 1.01. The van der Waals surface area contributed by atoms with Gasteiger partial charge in [-0.2, -0.15) is 0 Å². The molecule has 3 amide bonds. The number of anilines is 2. The van der Waals surface area contributed by atoms with Crippen molar-refractivity contribution in [3.05, 3.63) is 59.9 Å². The highest BCUT2D eigenvalue weighted by atomic mass is 19.1. The molecule has 0 atom stereocenters. The second-order valence-electron chi connectivity index (χ2n) is 7.19. The van der Waals surface area contributed by atoms with Crippen LogP contribution in [0, 0.1) is 5.82 Å². The first kappa shape index (κ1) is 21.3. The summed E-state index contributed by atoms with van der Waals surface area (Å²) in [6.45, 7) is 2.60. The van der Waals surface area contributed by atoms with Gasteiger partial charge in [-0.25, -0.2) is 4.39 Å². The number of hydrogen-bond acceptors (Lipinski definition) is 4. The van der Waals surface area contributed by atoms with Crippen LogP contribution in [0.4, 0.5) is 15.8 Å². The molecule has 8 heteroatoms. The molecule has 1 aliphatic rings. The van der Waals surface area contributed by atoms with Crippen molar-refractivity contribution in [1.29, 1.82) is 0 Å². The molecule has 0 bridgehead atoms. The summed E-state index contributed by atoms with van der Waals surface area (Å²) in [4.78, 5) is 39.4. The van der Waals surface area contributed by atoms with E-state index in [9.17, 15) is 18.8 Å². The van der Waals surface area contributed by atoms with Crippen molar-refractivity contribution in [1.82, 2.24) is 4.90 Å². The van der Waals surface area contributed by atoms with E-state index in [0.29, 0.717) is 50.3 Å². The molecule has 0 unspecified atom stereocenters. The molecule has 1 fully saturated rings. The highest BCUT2D eigenvalue weighted by molar-refractivity contribution is 5.94. The number of amides is 3. The Morgan fingerprint density at radius 1 is 0.900 bits per heavy atom. The molecule has 0 radical (unpaired) electrons. The van der Waals surface area contributed by atoms with Crippen molar-refractivity contribution in [2.24, 2.45) is 5.73 Å². The van der Waals surface area contributed by atoms with Crippen LogP contribution in [0.5, 0.6) is 0 Å². The maximum atomic E-state index is 13.0. The molecule has 1 aliphatic heterocycles. The monoisotopic (exact) mass is 412 g/mol. The van der Waals surface area contributed by atoms with Gasteiger partial charge < -0.3 is 20.9 Å². The van der Waals surface area contributed by atoms with Gasteiger partial charge in [0, 0.05) is 56.0 Å². The van der Waals surface area contributed by atoms with Gasteiger partial charge in [-0.05, 0) is 55.0 Å². The van der Waals surface area contributed by atoms with E-state index in [4.69, 9.17) is 5.73 Å². The summed E-state index contributed by atoms with van der Waals surface area (Å²) >= 11 is 0. The van der Waals surface area contributed by atoms with Crippen molar-refractivity contribution in [3.8, 4) is 0 Å². The van der Waals surface area contributed by atoms with E-state index in [1.807, 2.05) is 0 Å². The lowest BCUT2D eigenvalue weighted by Crippen LogP contribution is -2.48. The molecule has 3 N–H and O–H groups in total. The van der Waals surface area contributed by atoms with Gasteiger partial charge in [0.15, 0.2) is 0 Å². The molecule has 7 nitrogen and oxygen atoms in total. The van der Waals surface area contributed by atoms with Crippen LogP contribution in [0.1, 0.15) is 29.6 Å². The van der Waals surface area contributed by atoms with Crippen molar-refractivity contribution >= 4 is 29.1 Å². The number of hydrogen-bond donors (Lipinski definition) is 2. The molecule has 0 aliphatic carbocycles. The topological polar surface area (TPSA) is 95.7 Å². The summed E-state index contributed by atoms with van der Waals surface area (Å²) in [5, 5.41) is 2.74. The number of nitrogens with one attached hydrogen (secondary N) is 1. The van der Waals surface area contributed by atoms with Gasteiger partial charge in [-0.3, -0.25) is 14.4 Å². The summed E-state index contributed by atoms with van der Waals surface area (Å²) in [5.74, 6) is -0.938. The Bertz CT molecular complexity index is 892. The van der Waals surface area contributed by atoms with Gasteiger partial charge in [-0.1, -0.05) is 0 Å². The first-order valence-corrected chi connectivity index (χ1v) is 9.90. The second-order valence-corrected chi connectivity index (χ2v) is 7.19. The molecular formula is C22H25FN4O3. The van der Waals surface area contributed by atoms with Crippen LogP contribution >= 0.6 is 0 Å². The normalized spacial score (nSPS) is 13.8. The zero-order chi connectivity index (χ0) is 21.5. The maximum Gasteiger partial charge on any atom is 0.248 e. The molecule has 1 saturated heterocycles. The number of rotatable bonds is 7. The Morgan fingerprint density at radius 2 is 1.53 bits per heavy atom. The lowest BCUT2D eigenvalue weighted by atomic mass is 10.1. The van der Waals surface area contributed by atoms with E-state index >= 15 is 0 Å². The van der Waals surface area contributed by atoms with Crippen LogP contribution in [0.3, 0.4) is 0 Å². The third kappa shape index (κ3) is 5.79. The number of nitrogens with two attached hydrogens (primary N) is 1. The Hall–Kier alpha value is -3.42. The van der Waals surface area contributed by atoms with Crippen LogP contribution in [0.15, 0.2) is 48.5 Å². The lowest BCUT2D eigenvalue weighted by molar-refractivity contribution is -0.131. The zero-order valence-corrected chi connectivity index (χ0v) is 16.6. The molecule has 1 heterocycles. The van der Waals surface area contributed by atoms with E-state index in [1.54, 1.807) is 41.3 Å². The molecular weight excluding hydrogens is 387 g/mol. The van der Waals surface area contributed by atoms with Gasteiger partial charge in [0.2, 0.25) is 17.7 Å². The largest absolute Gasteiger partial charge is 0.368 e. The number of halogens is 1. The van der Waals surface area contributed by atoms with Crippen LogP contribution in [-0.4, -0.2) is 48.8 Å². The highest BCUT2D eigenvalue weighted by Crippen LogP contribution is 2.17. The van der Waals surface area contributed by atoms with Crippen LogP contribution in [0.25, 0.3) is 0 Å². The Balaban J connectivity index is 1.37. The van der Waals surface area contributed by atoms with Crippen LogP contribution in [-0.2, 0) is 9.59 Å². The van der Waals surface area contributed by atoms with E-state index in [2.05, 4.69) is 10.2 Å². The minimum absolute atomic E-state index is 0.0346. The quantitative estimate of drug-likeness (QED) is 0.730. The molecule has 0 saturated carbocycles. The molecule has 2 aromatic carbocycles. The average molecular weight is 412 g/mol. The molecule has 158 valence electrons. The summed E-state index contributed by atoms with van der Waals surface area (Å²) in [7, 11) is 0. The standard InChI is InChI=1S/C22H25FN4O3/c23-17-6-10-19(11-7-17)26-12-14-27(15-13-26)21(29)3-1-2-20(28)25-18-8-4-16(5-9-18)22(24)30/h4-11H,1-3,12-15H2,(H2,24,30)(H,25,28). The number of benzene rings is 2. The lowest BCUT2D eigenvalue weighted by Gasteiger charge is -2.36. The Kier molecular flexibility index (Phi) is 7.00. The molecule has 2 aromatic rings. The third-order valence-electron chi connectivity index (χ3n) is 5.07. The number of nitrogens with zero attached hydrogens (tertiary/aromatic N) is 2. The average Bonchev–Trinajstić information content (AvgIpc) is 2.74. The number of carbonyl (C=O) groups is 3. The first-order chi connectivity index (χ1) is 14.4.